The molecule has 180 valence electrons. The van der Waals surface area contributed by atoms with Crippen molar-refractivity contribution < 1.29 is 24.3 Å². The van der Waals surface area contributed by atoms with Crippen LogP contribution in [0.25, 0.3) is 0 Å². The zero-order valence-electron chi connectivity index (χ0n) is 19.2. The first-order valence-corrected chi connectivity index (χ1v) is 12.7. The maximum atomic E-state index is 13.7. The number of ketones is 2. The molecular formula is C29H22BrNO5. The van der Waals surface area contributed by atoms with Crippen molar-refractivity contribution in [3.05, 3.63) is 99.1 Å². The van der Waals surface area contributed by atoms with Crippen LogP contribution in [-0.2, 0) is 25.7 Å². The minimum absolute atomic E-state index is 0.0970. The van der Waals surface area contributed by atoms with E-state index in [0.29, 0.717) is 17.6 Å². The van der Waals surface area contributed by atoms with Gasteiger partial charge in [-0.05, 0) is 57.9 Å². The molecule has 7 heteroatoms. The molecule has 0 radical (unpaired) electrons. The molecule has 6 nitrogen and oxygen atoms in total. The summed E-state index contributed by atoms with van der Waals surface area (Å²) in [6, 6.07) is 16.0. The Labute approximate surface area is 216 Å². The molecule has 6 rings (SSSR count). The summed E-state index contributed by atoms with van der Waals surface area (Å²) in [6.45, 7) is 0.217. The van der Waals surface area contributed by atoms with Crippen LogP contribution in [0.15, 0.2) is 88.0 Å². The standard InChI is InChI=1S/C29H22BrNO5/c30-22-13-23(33)26-21(27(22)34)12-20-18(24(26)16-6-8-17(32)9-7-16)10-11-19-25(20)29(36)31(28(19)35)14-15-4-2-1-3-5-15/h1-10,13,19-20,24-25,32H,11-12,14H2/t19-,20+,24-,25-/m0/s1. The lowest BCUT2D eigenvalue weighted by Gasteiger charge is -2.42. The lowest BCUT2D eigenvalue weighted by molar-refractivity contribution is -0.140. The molecule has 0 aromatic heterocycles. The third-order valence-corrected chi connectivity index (χ3v) is 8.42. The van der Waals surface area contributed by atoms with E-state index >= 15 is 0 Å². The fourth-order valence-corrected chi connectivity index (χ4v) is 6.69. The summed E-state index contributed by atoms with van der Waals surface area (Å²) in [7, 11) is 0. The molecule has 4 atom stereocenters. The van der Waals surface area contributed by atoms with Crippen molar-refractivity contribution in [2.45, 2.75) is 25.3 Å². The molecule has 4 aliphatic rings. The molecule has 1 saturated heterocycles. The van der Waals surface area contributed by atoms with Crippen molar-refractivity contribution in [2.75, 3.05) is 0 Å². The monoisotopic (exact) mass is 543 g/mol. The van der Waals surface area contributed by atoms with Crippen molar-refractivity contribution in [1.29, 1.82) is 0 Å². The summed E-state index contributed by atoms with van der Waals surface area (Å²) in [4.78, 5) is 54.8. The highest BCUT2D eigenvalue weighted by atomic mass is 79.9. The highest BCUT2D eigenvalue weighted by molar-refractivity contribution is 9.12. The van der Waals surface area contributed by atoms with Crippen LogP contribution < -0.4 is 0 Å². The van der Waals surface area contributed by atoms with E-state index in [4.69, 9.17) is 0 Å². The first-order valence-electron chi connectivity index (χ1n) is 11.9. The molecule has 2 aromatic rings. The lowest BCUT2D eigenvalue weighted by atomic mass is 9.59. The number of halogens is 1. The zero-order chi connectivity index (χ0) is 25.1. The van der Waals surface area contributed by atoms with Gasteiger partial charge in [-0.1, -0.05) is 54.1 Å². The highest BCUT2D eigenvalue weighted by Gasteiger charge is 2.56. The fourth-order valence-electron chi connectivity index (χ4n) is 6.24. The van der Waals surface area contributed by atoms with Crippen LogP contribution >= 0.6 is 15.9 Å². The van der Waals surface area contributed by atoms with E-state index in [-0.39, 0.29) is 52.5 Å². The highest BCUT2D eigenvalue weighted by Crippen LogP contribution is 2.55. The molecule has 0 saturated carbocycles. The Morgan fingerprint density at radius 2 is 1.64 bits per heavy atom. The van der Waals surface area contributed by atoms with Crippen molar-refractivity contribution in [1.82, 2.24) is 4.90 Å². The van der Waals surface area contributed by atoms with Crippen LogP contribution in [0.2, 0.25) is 0 Å². The van der Waals surface area contributed by atoms with Gasteiger partial charge < -0.3 is 5.11 Å². The summed E-state index contributed by atoms with van der Waals surface area (Å²) in [5.74, 6) is -2.75. The minimum Gasteiger partial charge on any atom is -0.508 e. The molecule has 2 amide bonds. The second kappa shape index (κ2) is 8.52. The molecule has 2 aromatic carbocycles. The van der Waals surface area contributed by atoms with Gasteiger partial charge in [0.15, 0.2) is 11.6 Å². The molecule has 0 spiro atoms. The Morgan fingerprint density at radius 3 is 2.36 bits per heavy atom. The van der Waals surface area contributed by atoms with Gasteiger partial charge >= 0.3 is 0 Å². The van der Waals surface area contributed by atoms with Crippen molar-refractivity contribution >= 4 is 39.3 Å². The van der Waals surface area contributed by atoms with E-state index < -0.39 is 17.8 Å². The number of rotatable bonds is 3. The number of allylic oxidation sites excluding steroid dienone is 6. The number of phenolic OH excluding ortho intramolecular Hbond substituents is 1. The third-order valence-electron chi connectivity index (χ3n) is 7.83. The van der Waals surface area contributed by atoms with Gasteiger partial charge in [-0.15, -0.1) is 0 Å². The number of hydrogen-bond donors (Lipinski definition) is 1. The average molecular weight is 544 g/mol. The summed E-state index contributed by atoms with van der Waals surface area (Å²) in [6.07, 6.45) is 3.95. The summed E-state index contributed by atoms with van der Waals surface area (Å²) >= 11 is 3.23. The van der Waals surface area contributed by atoms with Gasteiger partial charge in [0.1, 0.15) is 5.75 Å². The maximum absolute atomic E-state index is 13.7. The van der Waals surface area contributed by atoms with Gasteiger partial charge in [0, 0.05) is 23.1 Å². The van der Waals surface area contributed by atoms with E-state index in [9.17, 15) is 24.3 Å². The number of carbonyl (C=O) groups is 4. The predicted octanol–water partition coefficient (Wildman–Crippen LogP) is 4.35. The number of carbonyl (C=O) groups excluding carboxylic acids is 4. The Kier molecular flexibility index (Phi) is 5.41. The Bertz CT molecular complexity index is 1420. The van der Waals surface area contributed by atoms with Gasteiger partial charge in [-0.3, -0.25) is 24.1 Å². The van der Waals surface area contributed by atoms with Crippen molar-refractivity contribution in [3.8, 4) is 5.75 Å². The quantitative estimate of drug-likeness (QED) is 0.353. The first kappa shape index (κ1) is 22.9. The number of likely N-dealkylation sites (tertiary alicyclic amines) is 1. The number of hydrogen-bond acceptors (Lipinski definition) is 5. The maximum Gasteiger partial charge on any atom is 0.234 e. The van der Waals surface area contributed by atoms with Crippen LogP contribution in [-0.4, -0.2) is 33.4 Å². The number of nitrogens with zero attached hydrogens (tertiary/aromatic N) is 1. The van der Waals surface area contributed by atoms with Crippen molar-refractivity contribution in [2.24, 2.45) is 17.8 Å². The Balaban J connectivity index is 1.44. The molecule has 36 heavy (non-hydrogen) atoms. The molecule has 1 aliphatic heterocycles. The van der Waals surface area contributed by atoms with E-state index in [0.717, 1.165) is 16.7 Å². The van der Waals surface area contributed by atoms with Crippen LogP contribution in [0.5, 0.6) is 5.75 Å². The van der Waals surface area contributed by atoms with Crippen LogP contribution in [0.3, 0.4) is 0 Å². The normalized spacial score (nSPS) is 27.4. The fraction of sp³-hybridized carbons (Fsp3) is 0.241. The van der Waals surface area contributed by atoms with Gasteiger partial charge in [0.05, 0.1) is 22.9 Å². The number of Topliss-reactive ketones (excluding diaryl/α,β-unsaturated/α-hetero) is 1. The molecule has 1 heterocycles. The second-order valence-electron chi connectivity index (χ2n) is 9.73. The second-order valence-corrected chi connectivity index (χ2v) is 10.6. The minimum atomic E-state index is -0.581. The molecule has 1 fully saturated rings. The smallest absolute Gasteiger partial charge is 0.234 e. The molecule has 1 N–H and O–H groups in total. The van der Waals surface area contributed by atoms with Gasteiger partial charge in [0.25, 0.3) is 0 Å². The number of benzene rings is 2. The van der Waals surface area contributed by atoms with Crippen LogP contribution in [0, 0.1) is 17.8 Å². The summed E-state index contributed by atoms with van der Waals surface area (Å²) < 4.78 is 0.204. The van der Waals surface area contributed by atoms with E-state index in [1.54, 1.807) is 24.3 Å². The molecule has 3 aliphatic carbocycles. The molecule has 0 bridgehead atoms. The number of imide groups is 1. The number of amides is 2. The van der Waals surface area contributed by atoms with E-state index in [2.05, 4.69) is 15.9 Å². The van der Waals surface area contributed by atoms with Gasteiger partial charge in [0.2, 0.25) is 11.8 Å². The van der Waals surface area contributed by atoms with E-state index in [1.807, 2.05) is 36.4 Å². The average Bonchev–Trinajstić information content (AvgIpc) is 3.12. The van der Waals surface area contributed by atoms with Gasteiger partial charge in [-0.2, -0.15) is 0 Å². The van der Waals surface area contributed by atoms with E-state index in [1.165, 1.54) is 11.0 Å². The number of phenols is 1. The third kappa shape index (κ3) is 3.45. The van der Waals surface area contributed by atoms with Crippen molar-refractivity contribution in [3.63, 3.8) is 0 Å². The Hall–Kier alpha value is -3.58. The topological polar surface area (TPSA) is 91.8 Å². The molecule has 0 unspecified atom stereocenters. The predicted molar refractivity (Wildman–Crippen MR) is 135 cm³/mol. The Morgan fingerprint density at radius 1 is 0.917 bits per heavy atom. The number of aromatic hydroxyl groups is 1. The SMILES string of the molecule is O=C1C=C(Br)C(=O)C2=C1[C@@H](c1ccc(O)cc1)C1=CC[C@@H]3C(=O)N(Cc4ccccc4)C(=O)[C@@H]3[C@@H]1C2. The summed E-state index contributed by atoms with van der Waals surface area (Å²) in [5.41, 5.74) is 3.37. The molecular weight excluding hydrogens is 522 g/mol. The zero-order valence-corrected chi connectivity index (χ0v) is 20.8. The number of fused-ring (bicyclic) bond motifs is 3. The first-order chi connectivity index (χ1) is 17.3. The summed E-state index contributed by atoms with van der Waals surface area (Å²) in [5, 5.41) is 9.83. The van der Waals surface area contributed by atoms with Crippen LogP contribution in [0.1, 0.15) is 29.9 Å². The van der Waals surface area contributed by atoms with Crippen LogP contribution in [0.4, 0.5) is 0 Å². The largest absolute Gasteiger partial charge is 0.508 e. The lowest BCUT2D eigenvalue weighted by Crippen LogP contribution is -2.39. The van der Waals surface area contributed by atoms with Gasteiger partial charge in [-0.25, -0.2) is 0 Å².